The first-order chi connectivity index (χ1) is 9.39. The van der Waals surface area contributed by atoms with Crippen molar-refractivity contribution in [1.82, 2.24) is 10.3 Å². The largest absolute Gasteiger partial charge is 0.375 e. The third-order valence-corrected chi connectivity index (χ3v) is 4.55. The molecule has 1 N–H and O–H groups in total. The van der Waals surface area contributed by atoms with E-state index in [0.29, 0.717) is 6.04 Å². The minimum atomic E-state index is 0.142. The van der Waals surface area contributed by atoms with Gasteiger partial charge in [0.05, 0.1) is 18.8 Å². The van der Waals surface area contributed by atoms with Crippen LogP contribution < -0.4 is 10.2 Å². The van der Waals surface area contributed by atoms with E-state index in [1.807, 2.05) is 6.20 Å². The lowest BCUT2D eigenvalue weighted by Gasteiger charge is -2.38. The number of thiazole rings is 1. The quantitative estimate of drug-likeness (QED) is 0.927. The summed E-state index contributed by atoms with van der Waals surface area (Å²) in [6.07, 6.45) is 3.39. The molecule has 20 heavy (non-hydrogen) atoms. The molecule has 114 valence electrons. The fraction of sp³-hybridized carbons (Fsp3) is 0.800. The van der Waals surface area contributed by atoms with Crippen molar-refractivity contribution in [2.45, 2.75) is 65.3 Å². The van der Waals surface area contributed by atoms with Crippen LogP contribution in [0.3, 0.4) is 0 Å². The highest BCUT2D eigenvalue weighted by Gasteiger charge is 2.27. The van der Waals surface area contributed by atoms with Gasteiger partial charge in [0, 0.05) is 29.7 Å². The van der Waals surface area contributed by atoms with E-state index in [1.54, 1.807) is 11.3 Å². The summed E-state index contributed by atoms with van der Waals surface area (Å²) in [7, 11) is 0. The molecule has 1 aromatic rings. The predicted molar refractivity (Wildman–Crippen MR) is 85.5 cm³/mol. The number of morpholine rings is 1. The summed E-state index contributed by atoms with van der Waals surface area (Å²) in [5, 5.41) is 4.65. The zero-order valence-electron chi connectivity index (χ0n) is 13.3. The van der Waals surface area contributed by atoms with Crippen molar-refractivity contribution in [2.75, 3.05) is 18.1 Å². The average Bonchev–Trinajstić information content (AvgIpc) is 2.84. The van der Waals surface area contributed by atoms with Crippen LogP contribution in [0, 0.1) is 0 Å². The van der Waals surface area contributed by atoms with Crippen LogP contribution in [0.15, 0.2) is 6.20 Å². The maximum Gasteiger partial charge on any atom is 0.185 e. The minimum absolute atomic E-state index is 0.142. The van der Waals surface area contributed by atoms with Crippen molar-refractivity contribution in [3.63, 3.8) is 0 Å². The Bertz CT molecular complexity index is 427. The van der Waals surface area contributed by atoms with Gasteiger partial charge in [0.2, 0.25) is 0 Å². The summed E-state index contributed by atoms with van der Waals surface area (Å²) in [5.74, 6) is 0. The Kier molecular flexibility index (Phi) is 5.04. The predicted octanol–water partition coefficient (Wildman–Crippen LogP) is 3.03. The lowest BCUT2D eigenvalue weighted by molar-refractivity contribution is 0.0299. The topological polar surface area (TPSA) is 37.4 Å². The van der Waals surface area contributed by atoms with Gasteiger partial charge in [-0.1, -0.05) is 6.92 Å². The van der Waals surface area contributed by atoms with Crippen molar-refractivity contribution in [2.24, 2.45) is 0 Å². The first-order valence-electron chi connectivity index (χ1n) is 7.47. The van der Waals surface area contributed by atoms with E-state index in [1.165, 1.54) is 4.88 Å². The van der Waals surface area contributed by atoms with E-state index in [2.05, 4.69) is 49.8 Å². The first-order valence-corrected chi connectivity index (χ1v) is 8.28. The number of nitrogens with zero attached hydrogens (tertiary/aromatic N) is 2. The molecule has 2 rings (SSSR count). The maximum atomic E-state index is 5.75. The van der Waals surface area contributed by atoms with Gasteiger partial charge < -0.3 is 15.0 Å². The lowest BCUT2D eigenvalue weighted by atomic mass is 10.1. The van der Waals surface area contributed by atoms with Crippen LogP contribution in [0.1, 0.15) is 45.9 Å². The molecule has 5 heteroatoms. The Balaban J connectivity index is 2.03. The van der Waals surface area contributed by atoms with E-state index in [4.69, 9.17) is 4.74 Å². The summed E-state index contributed by atoms with van der Waals surface area (Å²) in [5.41, 5.74) is 0.142. The molecule has 0 radical (unpaired) electrons. The van der Waals surface area contributed by atoms with Crippen LogP contribution in [0.2, 0.25) is 0 Å². The second-order valence-corrected chi connectivity index (χ2v) is 7.66. The van der Waals surface area contributed by atoms with Gasteiger partial charge in [-0.25, -0.2) is 4.98 Å². The van der Waals surface area contributed by atoms with Crippen molar-refractivity contribution < 1.29 is 4.74 Å². The summed E-state index contributed by atoms with van der Waals surface area (Å²) >= 11 is 1.80. The van der Waals surface area contributed by atoms with Crippen LogP contribution >= 0.6 is 11.3 Å². The number of hydrogen-bond donors (Lipinski definition) is 1. The maximum absolute atomic E-state index is 5.75. The molecule has 2 atom stereocenters. The molecule has 1 saturated heterocycles. The number of hydrogen-bond acceptors (Lipinski definition) is 5. The van der Waals surface area contributed by atoms with Crippen LogP contribution in [0.5, 0.6) is 0 Å². The van der Waals surface area contributed by atoms with Gasteiger partial charge >= 0.3 is 0 Å². The highest BCUT2D eigenvalue weighted by atomic mass is 32.1. The van der Waals surface area contributed by atoms with Gasteiger partial charge in [-0.15, -0.1) is 11.3 Å². The number of anilines is 1. The van der Waals surface area contributed by atoms with Gasteiger partial charge in [0.1, 0.15) is 0 Å². The smallest absolute Gasteiger partial charge is 0.185 e. The molecule has 1 aliphatic heterocycles. The Labute approximate surface area is 126 Å². The Morgan fingerprint density at radius 1 is 1.50 bits per heavy atom. The van der Waals surface area contributed by atoms with E-state index < -0.39 is 0 Å². The molecule has 4 nitrogen and oxygen atoms in total. The molecule has 2 heterocycles. The number of rotatable bonds is 4. The number of nitrogens with one attached hydrogen (secondary N) is 1. The van der Waals surface area contributed by atoms with E-state index in [0.717, 1.165) is 31.2 Å². The third kappa shape index (κ3) is 4.17. The second kappa shape index (κ2) is 6.41. The fourth-order valence-corrected chi connectivity index (χ4v) is 3.21. The summed E-state index contributed by atoms with van der Waals surface area (Å²) in [6.45, 7) is 13.5. The summed E-state index contributed by atoms with van der Waals surface area (Å²) in [6, 6.07) is 0.459. The minimum Gasteiger partial charge on any atom is -0.375 e. The van der Waals surface area contributed by atoms with E-state index in [-0.39, 0.29) is 11.6 Å². The monoisotopic (exact) mass is 297 g/mol. The number of ether oxygens (including phenoxy) is 1. The SMILES string of the molecule is CCC1COC(C)CN1c1ncc(CNC(C)(C)C)s1. The van der Waals surface area contributed by atoms with E-state index >= 15 is 0 Å². The van der Waals surface area contributed by atoms with Crippen LogP contribution in [0.25, 0.3) is 0 Å². The van der Waals surface area contributed by atoms with E-state index in [9.17, 15) is 0 Å². The Morgan fingerprint density at radius 2 is 2.25 bits per heavy atom. The van der Waals surface area contributed by atoms with Gasteiger partial charge in [-0.2, -0.15) is 0 Å². The lowest BCUT2D eigenvalue weighted by Crippen LogP contribution is -2.48. The van der Waals surface area contributed by atoms with Crippen LogP contribution in [-0.2, 0) is 11.3 Å². The standard InChI is InChI=1S/C15H27N3OS/c1-6-12-10-19-11(2)9-18(12)14-16-7-13(20-14)8-17-15(3,4)5/h7,11-12,17H,6,8-10H2,1-5H3. The van der Waals surface area contributed by atoms with Crippen LogP contribution in [0.4, 0.5) is 5.13 Å². The number of aromatic nitrogens is 1. The van der Waals surface area contributed by atoms with Gasteiger partial charge in [0.15, 0.2) is 5.13 Å². The molecule has 0 bridgehead atoms. The fourth-order valence-electron chi connectivity index (χ4n) is 2.28. The van der Waals surface area contributed by atoms with Crippen molar-refractivity contribution in [1.29, 1.82) is 0 Å². The molecule has 0 aromatic carbocycles. The molecule has 1 aliphatic rings. The Hall–Kier alpha value is -0.650. The molecular weight excluding hydrogens is 270 g/mol. The zero-order valence-corrected chi connectivity index (χ0v) is 14.1. The summed E-state index contributed by atoms with van der Waals surface area (Å²) < 4.78 is 5.75. The average molecular weight is 297 g/mol. The normalized spacial score (nSPS) is 24.1. The van der Waals surface area contributed by atoms with Gasteiger partial charge in [-0.3, -0.25) is 0 Å². The molecule has 0 spiro atoms. The summed E-state index contributed by atoms with van der Waals surface area (Å²) in [4.78, 5) is 8.33. The first kappa shape index (κ1) is 15.7. The molecule has 1 fully saturated rings. The molecule has 0 amide bonds. The zero-order chi connectivity index (χ0) is 14.8. The molecule has 2 unspecified atom stereocenters. The molecule has 0 saturated carbocycles. The van der Waals surface area contributed by atoms with Crippen molar-refractivity contribution in [3.8, 4) is 0 Å². The highest BCUT2D eigenvalue weighted by Crippen LogP contribution is 2.28. The van der Waals surface area contributed by atoms with Crippen LogP contribution in [-0.4, -0.2) is 35.8 Å². The van der Waals surface area contributed by atoms with Crippen molar-refractivity contribution in [3.05, 3.63) is 11.1 Å². The highest BCUT2D eigenvalue weighted by molar-refractivity contribution is 7.15. The Morgan fingerprint density at radius 3 is 2.90 bits per heavy atom. The van der Waals surface area contributed by atoms with Gasteiger partial charge in [0.25, 0.3) is 0 Å². The molecular formula is C15H27N3OS. The van der Waals surface area contributed by atoms with Crippen molar-refractivity contribution >= 4 is 16.5 Å². The molecule has 0 aliphatic carbocycles. The second-order valence-electron chi connectivity index (χ2n) is 6.57. The molecule has 1 aromatic heterocycles. The van der Waals surface area contributed by atoms with Gasteiger partial charge in [-0.05, 0) is 34.1 Å². The third-order valence-electron chi connectivity index (χ3n) is 3.52.